The van der Waals surface area contributed by atoms with Gasteiger partial charge in [0.2, 0.25) is 0 Å². The highest BCUT2D eigenvalue weighted by atomic mass is 16.5. The van der Waals surface area contributed by atoms with Gasteiger partial charge in [-0.15, -0.1) is 0 Å². The van der Waals surface area contributed by atoms with Gasteiger partial charge >= 0.3 is 0 Å². The zero-order valence-electron chi connectivity index (χ0n) is 8.30. The predicted octanol–water partition coefficient (Wildman–Crippen LogP) is 0.808. The van der Waals surface area contributed by atoms with Gasteiger partial charge in [-0.05, 0) is 25.9 Å². The molecule has 0 bridgehead atoms. The number of nitrogens with zero attached hydrogens (tertiary/aromatic N) is 1. The molecule has 1 unspecified atom stereocenters. The molecule has 0 saturated carbocycles. The minimum Gasteiger partial charge on any atom is -0.377 e. The van der Waals surface area contributed by atoms with Gasteiger partial charge in [-0.3, -0.25) is 10.2 Å². The number of rotatable bonds is 1. The average Bonchev–Trinajstić information content (AvgIpc) is 2.47. The van der Waals surface area contributed by atoms with Crippen molar-refractivity contribution in [2.24, 2.45) is 0 Å². The fourth-order valence-electron chi connectivity index (χ4n) is 2.19. The number of nitrogens with one attached hydrogen (secondary N) is 1. The monoisotopic (exact) mass is 184 g/mol. The second-order valence-corrected chi connectivity index (χ2v) is 4.00. The molecule has 0 aromatic rings. The van der Waals surface area contributed by atoms with Crippen molar-refractivity contribution in [2.45, 2.75) is 31.8 Å². The molecule has 2 rings (SSSR count). The third-order valence-corrected chi connectivity index (χ3v) is 2.98. The molecule has 0 aliphatic carbocycles. The first-order valence-electron chi connectivity index (χ1n) is 5.52. The molecule has 3 heteroatoms. The van der Waals surface area contributed by atoms with Crippen molar-refractivity contribution < 1.29 is 4.74 Å². The van der Waals surface area contributed by atoms with Crippen LogP contribution in [0.5, 0.6) is 0 Å². The van der Waals surface area contributed by atoms with E-state index in [1.165, 1.54) is 38.8 Å². The van der Waals surface area contributed by atoms with Crippen molar-refractivity contribution >= 4 is 0 Å². The first-order chi connectivity index (χ1) is 6.47. The van der Waals surface area contributed by atoms with Crippen LogP contribution in [0.25, 0.3) is 0 Å². The van der Waals surface area contributed by atoms with Crippen LogP contribution in [0.15, 0.2) is 0 Å². The number of morpholine rings is 1. The highest BCUT2D eigenvalue weighted by Gasteiger charge is 2.21. The smallest absolute Gasteiger partial charge is 0.0839 e. The molecule has 0 aromatic heterocycles. The summed E-state index contributed by atoms with van der Waals surface area (Å²) in [4.78, 5) is 2.55. The molecule has 2 aliphatic rings. The minimum absolute atomic E-state index is 0.492. The van der Waals surface area contributed by atoms with Gasteiger partial charge in [-0.2, -0.15) is 0 Å². The van der Waals surface area contributed by atoms with Gasteiger partial charge in [-0.25, -0.2) is 0 Å². The number of hydrogen-bond donors (Lipinski definition) is 1. The van der Waals surface area contributed by atoms with Crippen molar-refractivity contribution in [1.82, 2.24) is 10.2 Å². The molecule has 2 aliphatic heterocycles. The molecule has 1 atom stereocenters. The van der Waals surface area contributed by atoms with E-state index in [0.717, 1.165) is 19.8 Å². The maximum atomic E-state index is 5.47. The van der Waals surface area contributed by atoms with Crippen molar-refractivity contribution in [3.8, 4) is 0 Å². The van der Waals surface area contributed by atoms with E-state index < -0.39 is 0 Å². The maximum absolute atomic E-state index is 5.47. The summed E-state index contributed by atoms with van der Waals surface area (Å²) in [5.74, 6) is 0. The van der Waals surface area contributed by atoms with Gasteiger partial charge < -0.3 is 4.74 Å². The van der Waals surface area contributed by atoms with Crippen LogP contribution in [0.3, 0.4) is 0 Å². The highest BCUT2D eigenvalue weighted by molar-refractivity contribution is 4.74. The van der Waals surface area contributed by atoms with Crippen molar-refractivity contribution in [2.75, 3.05) is 32.8 Å². The second kappa shape index (κ2) is 4.94. The molecule has 0 aromatic carbocycles. The Balaban J connectivity index is 1.82. The summed E-state index contributed by atoms with van der Waals surface area (Å²) >= 11 is 0. The molecular formula is C10H20N2O. The fourth-order valence-corrected chi connectivity index (χ4v) is 2.19. The lowest BCUT2D eigenvalue weighted by Crippen LogP contribution is -2.53. The minimum atomic E-state index is 0.492. The molecule has 2 saturated heterocycles. The van der Waals surface area contributed by atoms with Crippen molar-refractivity contribution in [3.05, 3.63) is 0 Å². The molecule has 0 spiro atoms. The number of hydrogen-bond acceptors (Lipinski definition) is 3. The van der Waals surface area contributed by atoms with Gasteiger partial charge in [0.25, 0.3) is 0 Å². The van der Waals surface area contributed by atoms with E-state index in [1.807, 2.05) is 0 Å². The van der Waals surface area contributed by atoms with Crippen molar-refractivity contribution in [3.63, 3.8) is 0 Å². The fraction of sp³-hybridized carbons (Fsp3) is 1.00. The maximum Gasteiger partial charge on any atom is 0.0839 e. The Morgan fingerprint density at radius 1 is 1.08 bits per heavy atom. The summed E-state index contributed by atoms with van der Waals surface area (Å²) in [6.07, 6.45) is 6.02. The molecule has 13 heavy (non-hydrogen) atoms. The third-order valence-electron chi connectivity index (χ3n) is 2.98. The van der Waals surface area contributed by atoms with Crippen LogP contribution in [0.1, 0.15) is 25.7 Å². The quantitative estimate of drug-likeness (QED) is 0.652. The first kappa shape index (κ1) is 9.44. The molecule has 0 amide bonds. The van der Waals surface area contributed by atoms with Gasteiger partial charge in [-0.1, -0.05) is 12.8 Å². The zero-order valence-corrected chi connectivity index (χ0v) is 8.30. The van der Waals surface area contributed by atoms with Crippen LogP contribution in [0.4, 0.5) is 0 Å². The largest absolute Gasteiger partial charge is 0.377 e. The number of likely N-dealkylation sites (tertiary alicyclic amines) is 1. The molecule has 3 nitrogen and oxygen atoms in total. The molecular weight excluding hydrogens is 164 g/mol. The van der Waals surface area contributed by atoms with Crippen molar-refractivity contribution in [1.29, 1.82) is 0 Å². The molecule has 0 radical (unpaired) electrons. The average molecular weight is 184 g/mol. The highest BCUT2D eigenvalue weighted by Crippen LogP contribution is 2.12. The standard InChI is InChI=1S/C10H20N2O/c1-2-4-7-12(6-3-1)10-9-13-8-5-11-10/h10-11H,1-9H2. The van der Waals surface area contributed by atoms with E-state index in [1.54, 1.807) is 0 Å². The first-order valence-corrected chi connectivity index (χ1v) is 5.52. The van der Waals surface area contributed by atoms with E-state index in [-0.39, 0.29) is 0 Å². The van der Waals surface area contributed by atoms with Gasteiger partial charge in [0.15, 0.2) is 0 Å². The Morgan fingerprint density at radius 2 is 1.85 bits per heavy atom. The van der Waals surface area contributed by atoms with Crippen LogP contribution in [-0.2, 0) is 4.74 Å². The lowest BCUT2D eigenvalue weighted by molar-refractivity contribution is 0.0104. The predicted molar refractivity (Wildman–Crippen MR) is 52.7 cm³/mol. The van der Waals surface area contributed by atoms with Crippen LogP contribution < -0.4 is 5.32 Å². The zero-order chi connectivity index (χ0) is 8.93. The van der Waals surface area contributed by atoms with E-state index in [9.17, 15) is 0 Å². The summed E-state index contributed by atoms with van der Waals surface area (Å²) < 4.78 is 5.47. The normalized spacial score (nSPS) is 32.8. The summed E-state index contributed by atoms with van der Waals surface area (Å²) in [6.45, 7) is 5.27. The summed E-state index contributed by atoms with van der Waals surface area (Å²) in [5.41, 5.74) is 0. The van der Waals surface area contributed by atoms with E-state index >= 15 is 0 Å². The van der Waals surface area contributed by atoms with Gasteiger partial charge in [0, 0.05) is 6.54 Å². The second-order valence-electron chi connectivity index (χ2n) is 4.00. The Bertz CT molecular complexity index is 138. The van der Waals surface area contributed by atoms with E-state index in [0.29, 0.717) is 6.17 Å². The summed E-state index contributed by atoms with van der Waals surface area (Å²) in [6, 6.07) is 0. The van der Waals surface area contributed by atoms with E-state index in [4.69, 9.17) is 4.74 Å². The molecule has 1 N–H and O–H groups in total. The van der Waals surface area contributed by atoms with Crippen LogP contribution in [0.2, 0.25) is 0 Å². The Kier molecular flexibility index (Phi) is 3.58. The van der Waals surface area contributed by atoms with Crippen LogP contribution in [-0.4, -0.2) is 43.9 Å². The molecule has 76 valence electrons. The summed E-state index contributed by atoms with van der Waals surface area (Å²) in [7, 11) is 0. The lowest BCUT2D eigenvalue weighted by Gasteiger charge is -2.34. The lowest BCUT2D eigenvalue weighted by atomic mass is 10.2. The topological polar surface area (TPSA) is 24.5 Å². The third kappa shape index (κ3) is 2.66. The SMILES string of the molecule is C1CCCN(C2COCCN2)CC1. The Hall–Kier alpha value is -0.120. The Morgan fingerprint density at radius 3 is 2.46 bits per heavy atom. The molecule has 2 heterocycles. The Labute approximate surface area is 80.4 Å². The van der Waals surface area contributed by atoms with E-state index in [2.05, 4.69) is 10.2 Å². The van der Waals surface area contributed by atoms with Gasteiger partial charge in [0.05, 0.1) is 19.4 Å². The summed E-state index contributed by atoms with van der Waals surface area (Å²) in [5, 5.41) is 3.52. The van der Waals surface area contributed by atoms with Crippen LogP contribution in [0, 0.1) is 0 Å². The van der Waals surface area contributed by atoms with Crippen LogP contribution >= 0.6 is 0 Å². The number of ether oxygens (including phenoxy) is 1. The molecule has 2 fully saturated rings. The van der Waals surface area contributed by atoms with Gasteiger partial charge in [0.1, 0.15) is 0 Å².